The van der Waals surface area contributed by atoms with Gasteiger partial charge in [-0.3, -0.25) is 4.99 Å². The highest BCUT2D eigenvalue weighted by Crippen LogP contribution is 2.46. The third kappa shape index (κ3) is 2.52. The first-order chi connectivity index (χ1) is 8.95. The van der Waals surface area contributed by atoms with Crippen molar-refractivity contribution in [2.45, 2.75) is 58.4 Å². The number of hydrogen-bond donors (Lipinski definition) is 1. The Balaban J connectivity index is 2.05. The van der Waals surface area contributed by atoms with Gasteiger partial charge in [0.1, 0.15) is 0 Å². The molecule has 3 heteroatoms. The second kappa shape index (κ2) is 5.18. The van der Waals surface area contributed by atoms with Crippen LogP contribution in [0.5, 0.6) is 0 Å². The molecule has 0 amide bonds. The van der Waals surface area contributed by atoms with Crippen LogP contribution >= 0.6 is 0 Å². The summed E-state index contributed by atoms with van der Waals surface area (Å²) in [6.07, 6.45) is 8.25. The van der Waals surface area contributed by atoms with Crippen LogP contribution in [0.1, 0.15) is 52.9 Å². The van der Waals surface area contributed by atoms with Crippen molar-refractivity contribution in [1.82, 2.24) is 4.90 Å². The van der Waals surface area contributed by atoms with E-state index in [1.165, 1.54) is 32.1 Å². The molecule has 2 rings (SSSR count). The molecule has 0 unspecified atom stereocenters. The van der Waals surface area contributed by atoms with Gasteiger partial charge in [0, 0.05) is 6.54 Å². The number of guanidine groups is 1. The summed E-state index contributed by atoms with van der Waals surface area (Å²) in [5.74, 6) is 1.56. The lowest BCUT2D eigenvalue weighted by Gasteiger charge is -2.47. The summed E-state index contributed by atoms with van der Waals surface area (Å²) in [5, 5.41) is 0. The van der Waals surface area contributed by atoms with Crippen molar-refractivity contribution < 1.29 is 0 Å². The quantitative estimate of drug-likeness (QED) is 0.792. The number of hydrogen-bond acceptors (Lipinski definition) is 3. The maximum Gasteiger partial charge on any atom is 0.192 e. The highest BCUT2D eigenvalue weighted by Gasteiger charge is 2.46. The predicted molar refractivity (Wildman–Crippen MR) is 82.2 cm³/mol. The molecule has 0 aromatic rings. The molecule has 0 radical (unpaired) electrons. The maximum absolute atomic E-state index is 6.05. The predicted octanol–water partition coefficient (Wildman–Crippen LogP) is 3.17. The van der Waals surface area contributed by atoms with E-state index in [0.717, 1.165) is 19.0 Å². The van der Waals surface area contributed by atoms with E-state index >= 15 is 0 Å². The van der Waals surface area contributed by atoms with Gasteiger partial charge in [-0.2, -0.15) is 0 Å². The first-order valence-electron chi connectivity index (χ1n) is 7.63. The van der Waals surface area contributed by atoms with Crippen LogP contribution in [0.15, 0.2) is 17.6 Å². The van der Waals surface area contributed by atoms with Gasteiger partial charge < -0.3 is 10.6 Å². The molecular weight excluding hydrogens is 234 g/mol. The average Bonchev–Trinajstić information content (AvgIpc) is 2.69. The molecule has 0 saturated heterocycles. The molecule has 3 nitrogen and oxygen atoms in total. The third-order valence-corrected chi connectivity index (χ3v) is 5.63. The maximum atomic E-state index is 6.05. The van der Waals surface area contributed by atoms with Crippen LogP contribution in [0.25, 0.3) is 0 Å². The summed E-state index contributed by atoms with van der Waals surface area (Å²) < 4.78 is 0. The molecule has 1 aliphatic carbocycles. The Morgan fingerprint density at radius 1 is 1.47 bits per heavy atom. The SMILES string of the molecule is C=CCN1C(N)=NCC12CCC(C(C)(C)CC)CC2. The Labute approximate surface area is 118 Å². The minimum absolute atomic E-state index is 0.193. The molecule has 1 heterocycles. The molecule has 0 atom stereocenters. The Hall–Kier alpha value is -0.990. The van der Waals surface area contributed by atoms with Crippen LogP contribution in [-0.2, 0) is 0 Å². The summed E-state index contributed by atoms with van der Waals surface area (Å²) in [5.41, 5.74) is 6.71. The topological polar surface area (TPSA) is 41.6 Å². The van der Waals surface area contributed by atoms with Gasteiger partial charge in [-0.05, 0) is 37.0 Å². The minimum atomic E-state index is 0.193. The summed E-state index contributed by atoms with van der Waals surface area (Å²) in [6, 6.07) is 0. The van der Waals surface area contributed by atoms with E-state index in [1.807, 2.05) is 6.08 Å². The number of nitrogens with zero attached hydrogens (tertiary/aromatic N) is 2. The van der Waals surface area contributed by atoms with Crippen LogP contribution in [0, 0.1) is 11.3 Å². The standard InChI is InChI=1S/C16H29N3/c1-5-11-19-14(17)18-12-16(19)9-7-13(8-10-16)15(3,4)6-2/h5,13H,1,6-12H2,2-4H3,(H2,17,18). The van der Waals surface area contributed by atoms with Crippen molar-refractivity contribution in [3.63, 3.8) is 0 Å². The lowest BCUT2D eigenvalue weighted by Crippen LogP contribution is -2.54. The van der Waals surface area contributed by atoms with Crippen molar-refractivity contribution in [1.29, 1.82) is 0 Å². The van der Waals surface area contributed by atoms with E-state index in [9.17, 15) is 0 Å². The number of rotatable bonds is 4. The molecule has 19 heavy (non-hydrogen) atoms. The van der Waals surface area contributed by atoms with Crippen LogP contribution in [-0.4, -0.2) is 29.5 Å². The zero-order valence-corrected chi connectivity index (χ0v) is 12.8. The number of aliphatic imine (C=N–C) groups is 1. The van der Waals surface area contributed by atoms with Crippen LogP contribution in [0.3, 0.4) is 0 Å². The molecule has 1 spiro atoms. The molecule has 0 aromatic heterocycles. The average molecular weight is 263 g/mol. The molecule has 0 bridgehead atoms. The van der Waals surface area contributed by atoms with E-state index in [0.29, 0.717) is 11.4 Å². The van der Waals surface area contributed by atoms with Crippen molar-refractivity contribution >= 4 is 5.96 Å². The molecule has 1 aliphatic heterocycles. The normalized spacial score (nSPS) is 31.6. The van der Waals surface area contributed by atoms with E-state index in [2.05, 4.69) is 37.2 Å². The second-order valence-electron chi connectivity index (χ2n) is 6.91. The van der Waals surface area contributed by atoms with Gasteiger partial charge in [0.05, 0.1) is 12.1 Å². The smallest absolute Gasteiger partial charge is 0.192 e. The minimum Gasteiger partial charge on any atom is -0.370 e. The van der Waals surface area contributed by atoms with E-state index in [1.54, 1.807) is 0 Å². The van der Waals surface area contributed by atoms with Gasteiger partial charge in [0.25, 0.3) is 0 Å². The fraction of sp³-hybridized carbons (Fsp3) is 0.812. The zero-order chi connectivity index (χ0) is 14.1. The Morgan fingerprint density at radius 2 is 2.11 bits per heavy atom. The van der Waals surface area contributed by atoms with E-state index in [4.69, 9.17) is 5.73 Å². The van der Waals surface area contributed by atoms with Gasteiger partial charge in [-0.25, -0.2) is 0 Å². The van der Waals surface area contributed by atoms with Crippen molar-refractivity contribution in [2.75, 3.05) is 13.1 Å². The first kappa shape index (κ1) is 14.4. The van der Waals surface area contributed by atoms with Crippen LogP contribution in [0.2, 0.25) is 0 Å². The van der Waals surface area contributed by atoms with Gasteiger partial charge in [-0.1, -0.05) is 33.3 Å². The Kier molecular flexibility index (Phi) is 3.93. The van der Waals surface area contributed by atoms with Crippen molar-refractivity contribution in [2.24, 2.45) is 22.1 Å². The summed E-state index contributed by atoms with van der Waals surface area (Å²) in [7, 11) is 0. The lowest BCUT2D eigenvalue weighted by atomic mass is 9.65. The second-order valence-corrected chi connectivity index (χ2v) is 6.91. The van der Waals surface area contributed by atoms with Gasteiger partial charge in [0.15, 0.2) is 5.96 Å². The Bertz CT molecular complexity index is 362. The van der Waals surface area contributed by atoms with Gasteiger partial charge in [0.2, 0.25) is 0 Å². The monoisotopic (exact) mass is 263 g/mol. The van der Waals surface area contributed by atoms with Crippen LogP contribution < -0.4 is 5.73 Å². The molecule has 0 aromatic carbocycles. The van der Waals surface area contributed by atoms with Crippen molar-refractivity contribution in [3.05, 3.63) is 12.7 Å². The third-order valence-electron chi connectivity index (χ3n) is 5.63. The molecule has 2 aliphatic rings. The fourth-order valence-electron chi connectivity index (χ4n) is 3.71. The first-order valence-corrected chi connectivity index (χ1v) is 7.63. The fourth-order valence-corrected chi connectivity index (χ4v) is 3.71. The molecular formula is C16H29N3. The summed E-state index contributed by atoms with van der Waals surface area (Å²) >= 11 is 0. The van der Waals surface area contributed by atoms with E-state index < -0.39 is 0 Å². The van der Waals surface area contributed by atoms with Crippen LogP contribution in [0.4, 0.5) is 0 Å². The lowest BCUT2D eigenvalue weighted by molar-refractivity contribution is 0.0694. The Morgan fingerprint density at radius 3 is 2.63 bits per heavy atom. The molecule has 108 valence electrons. The van der Waals surface area contributed by atoms with Crippen molar-refractivity contribution in [3.8, 4) is 0 Å². The highest BCUT2D eigenvalue weighted by molar-refractivity contribution is 5.81. The van der Waals surface area contributed by atoms with Gasteiger partial charge in [-0.15, -0.1) is 6.58 Å². The molecule has 2 N–H and O–H groups in total. The number of nitrogens with two attached hydrogens (primary N) is 1. The van der Waals surface area contributed by atoms with E-state index in [-0.39, 0.29) is 5.54 Å². The van der Waals surface area contributed by atoms with Gasteiger partial charge >= 0.3 is 0 Å². The molecule has 1 saturated carbocycles. The molecule has 1 fully saturated rings. The largest absolute Gasteiger partial charge is 0.370 e. The summed E-state index contributed by atoms with van der Waals surface area (Å²) in [4.78, 5) is 6.78. The highest BCUT2D eigenvalue weighted by atomic mass is 15.4. The zero-order valence-electron chi connectivity index (χ0n) is 12.8. The summed E-state index contributed by atoms with van der Waals surface area (Å²) in [6.45, 7) is 12.7.